The maximum absolute atomic E-state index is 11.6. The van der Waals surface area contributed by atoms with E-state index in [1.54, 1.807) is 0 Å². The number of ether oxygens (including phenoxy) is 1. The first kappa shape index (κ1) is 15.3. The Hall–Kier alpha value is -1.13. The molecule has 1 aliphatic heterocycles. The van der Waals surface area contributed by atoms with Crippen LogP contribution in [0.15, 0.2) is 24.3 Å². The van der Waals surface area contributed by atoms with E-state index in [0.29, 0.717) is 12.8 Å². The summed E-state index contributed by atoms with van der Waals surface area (Å²) >= 11 is 0. The molecule has 112 valence electrons. The number of hydrogen-bond acceptors (Lipinski definition) is 4. The van der Waals surface area contributed by atoms with Gasteiger partial charge in [-0.1, -0.05) is 12.2 Å². The summed E-state index contributed by atoms with van der Waals surface area (Å²) in [4.78, 5) is 11.6. The fourth-order valence-electron chi connectivity index (χ4n) is 3.10. The van der Waals surface area contributed by atoms with E-state index in [1.807, 2.05) is 6.92 Å². The third-order valence-electron chi connectivity index (χ3n) is 4.19. The lowest BCUT2D eigenvalue weighted by Gasteiger charge is -2.19. The number of hydrogen-bond donors (Lipinski definition) is 2. The number of aliphatic hydroxyl groups is 2. The zero-order chi connectivity index (χ0) is 14.5. The number of aliphatic hydroxyl groups excluding tert-OH is 2. The molecule has 1 fully saturated rings. The second-order valence-corrected chi connectivity index (χ2v) is 5.91. The van der Waals surface area contributed by atoms with Crippen LogP contribution in [0.5, 0.6) is 0 Å². The smallest absolute Gasteiger partial charge is 0.330 e. The van der Waals surface area contributed by atoms with Crippen LogP contribution in [0.1, 0.15) is 39.0 Å². The quantitative estimate of drug-likeness (QED) is 0.526. The van der Waals surface area contributed by atoms with Crippen molar-refractivity contribution in [2.75, 3.05) is 0 Å². The maximum atomic E-state index is 11.6. The van der Waals surface area contributed by atoms with Crippen LogP contribution in [0.2, 0.25) is 0 Å². The van der Waals surface area contributed by atoms with Gasteiger partial charge in [0, 0.05) is 6.08 Å². The molecule has 20 heavy (non-hydrogen) atoms. The molecule has 2 aliphatic rings. The molecule has 4 nitrogen and oxygen atoms in total. The Morgan fingerprint density at radius 2 is 2.05 bits per heavy atom. The van der Waals surface area contributed by atoms with E-state index in [4.69, 9.17) is 4.74 Å². The van der Waals surface area contributed by atoms with Gasteiger partial charge in [0.15, 0.2) is 0 Å². The lowest BCUT2D eigenvalue weighted by molar-refractivity contribution is -0.142. The maximum Gasteiger partial charge on any atom is 0.330 e. The molecule has 1 saturated carbocycles. The van der Waals surface area contributed by atoms with Crippen molar-refractivity contribution in [2.24, 2.45) is 11.8 Å². The molecule has 5 atom stereocenters. The Balaban J connectivity index is 2.11. The summed E-state index contributed by atoms with van der Waals surface area (Å²) in [7, 11) is 0. The fourth-order valence-corrected chi connectivity index (χ4v) is 3.10. The monoisotopic (exact) mass is 280 g/mol. The van der Waals surface area contributed by atoms with Gasteiger partial charge in [-0.3, -0.25) is 0 Å². The van der Waals surface area contributed by atoms with Crippen LogP contribution in [-0.4, -0.2) is 34.5 Å². The van der Waals surface area contributed by atoms with Crippen molar-refractivity contribution in [3.63, 3.8) is 0 Å². The molecule has 1 heterocycles. The fraction of sp³-hybridized carbons (Fsp3) is 0.688. The molecule has 0 bridgehead atoms. The summed E-state index contributed by atoms with van der Waals surface area (Å²) in [6, 6.07) is 0. The Bertz CT molecular complexity index is 388. The third-order valence-corrected chi connectivity index (χ3v) is 4.19. The van der Waals surface area contributed by atoms with Gasteiger partial charge in [0.1, 0.15) is 0 Å². The van der Waals surface area contributed by atoms with Crippen LogP contribution in [-0.2, 0) is 9.53 Å². The number of cyclic esters (lactones) is 1. The van der Waals surface area contributed by atoms with E-state index in [0.717, 1.165) is 19.3 Å². The second-order valence-electron chi connectivity index (χ2n) is 5.91. The first-order valence-electron chi connectivity index (χ1n) is 7.48. The first-order chi connectivity index (χ1) is 9.56. The molecule has 0 aromatic heterocycles. The van der Waals surface area contributed by atoms with Crippen LogP contribution >= 0.6 is 0 Å². The average Bonchev–Trinajstić information content (AvgIpc) is 2.76. The Kier molecular flexibility index (Phi) is 5.38. The predicted octanol–water partition coefficient (Wildman–Crippen LogP) is 1.96. The minimum absolute atomic E-state index is 0.0246. The van der Waals surface area contributed by atoms with Gasteiger partial charge in [-0.25, -0.2) is 4.79 Å². The summed E-state index contributed by atoms with van der Waals surface area (Å²) < 4.78 is 5.23. The lowest BCUT2D eigenvalue weighted by atomic mass is 9.90. The van der Waals surface area contributed by atoms with Crippen molar-refractivity contribution in [1.82, 2.24) is 0 Å². The van der Waals surface area contributed by atoms with Crippen molar-refractivity contribution >= 4 is 5.97 Å². The van der Waals surface area contributed by atoms with Gasteiger partial charge in [0.2, 0.25) is 0 Å². The van der Waals surface area contributed by atoms with E-state index in [9.17, 15) is 15.0 Å². The standard InChI is InChI=1S/C16H24O4/c1-11-5-3-2-4-6-12-9-13(17)10-14(12)15(18)7-8-16(19)20-11/h4,6-8,11-15,17-18H,2-3,5,9-10H2,1H3/b6-4-,8-7-/t11-,12-,13+,14+,15-/m1/s1. The topological polar surface area (TPSA) is 66.8 Å². The normalized spacial score (nSPS) is 42.5. The van der Waals surface area contributed by atoms with Crippen molar-refractivity contribution in [1.29, 1.82) is 0 Å². The molecule has 0 amide bonds. The van der Waals surface area contributed by atoms with Gasteiger partial charge in [0.05, 0.1) is 18.3 Å². The van der Waals surface area contributed by atoms with E-state index in [-0.39, 0.29) is 24.0 Å². The van der Waals surface area contributed by atoms with E-state index >= 15 is 0 Å². The Labute approximate surface area is 120 Å². The number of allylic oxidation sites excluding steroid dienone is 2. The van der Waals surface area contributed by atoms with Crippen molar-refractivity contribution < 1.29 is 19.7 Å². The van der Waals surface area contributed by atoms with Crippen molar-refractivity contribution in [3.8, 4) is 0 Å². The van der Waals surface area contributed by atoms with Gasteiger partial charge >= 0.3 is 5.97 Å². The van der Waals surface area contributed by atoms with Crippen molar-refractivity contribution in [3.05, 3.63) is 24.3 Å². The van der Waals surface area contributed by atoms with Gasteiger partial charge in [-0.15, -0.1) is 0 Å². The molecule has 0 spiro atoms. The molecular weight excluding hydrogens is 256 g/mol. The molecule has 0 aromatic rings. The summed E-state index contributed by atoms with van der Waals surface area (Å²) in [6.45, 7) is 1.89. The number of fused-ring (bicyclic) bond motifs is 1. The second kappa shape index (κ2) is 7.04. The SMILES string of the molecule is C[C@@H]1CCC/C=C\[C@@H]2C[C@H](O)C[C@@H]2[C@H](O)/C=C\C(=O)O1. The number of esters is 1. The Morgan fingerprint density at radius 1 is 1.25 bits per heavy atom. The molecule has 0 aromatic carbocycles. The molecule has 0 saturated heterocycles. The molecule has 1 aliphatic carbocycles. The van der Waals surface area contributed by atoms with Crippen LogP contribution < -0.4 is 0 Å². The van der Waals surface area contributed by atoms with Crippen LogP contribution in [0.4, 0.5) is 0 Å². The number of carbonyl (C=O) groups excluding carboxylic acids is 1. The molecule has 4 heteroatoms. The van der Waals surface area contributed by atoms with Crippen LogP contribution in [0.25, 0.3) is 0 Å². The van der Waals surface area contributed by atoms with Gasteiger partial charge in [0.25, 0.3) is 0 Å². The molecular formula is C16H24O4. The zero-order valence-electron chi connectivity index (χ0n) is 11.9. The number of carbonyl (C=O) groups is 1. The van der Waals surface area contributed by atoms with Crippen LogP contribution in [0, 0.1) is 11.8 Å². The molecule has 0 unspecified atom stereocenters. The largest absolute Gasteiger partial charge is 0.460 e. The highest BCUT2D eigenvalue weighted by atomic mass is 16.5. The summed E-state index contributed by atoms with van der Waals surface area (Å²) in [5.41, 5.74) is 0. The Morgan fingerprint density at radius 3 is 2.85 bits per heavy atom. The van der Waals surface area contributed by atoms with E-state index in [1.165, 1.54) is 12.2 Å². The zero-order valence-corrected chi connectivity index (χ0v) is 11.9. The van der Waals surface area contributed by atoms with Gasteiger partial charge in [-0.05, 0) is 56.9 Å². The summed E-state index contributed by atoms with van der Waals surface area (Å²) in [5, 5.41) is 20.0. The lowest BCUT2D eigenvalue weighted by Crippen LogP contribution is -2.21. The molecule has 2 rings (SSSR count). The van der Waals surface area contributed by atoms with Gasteiger partial charge in [-0.2, -0.15) is 0 Å². The molecule has 2 N–H and O–H groups in total. The first-order valence-corrected chi connectivity index (χ1v) is 7.48. The van der Waals surface area contributed by atoms with E-state index < -0.39 is 12.1 Å². The predicted molar refractivity (Wildman–Crippen MR) is 75.9 cm³/mol. The van der Waals surface area contributed by atoms with Gasteiger partial charge < -0.3 is 14.9 Å². The van der Waals surface area contributed by atoms with Crippen molar-refractivity contribution in [2.45, 2.75) is 57.3 Å². The van der Waals surface area contributed by atoms with Crippen LogP contribution in [0.3, 0.4) is 0 Å². The summed E-state index contributed by atoms with van der Waals surface area (Å²) in [5.74, 6) is -0.249. The highest BCUT2D eigenvalue weighted by Gasteiger charge is 2.35. The minimum atomic E-state index is -0.717. The van der Waals surface area contributed by atoms with E-state index in [2.05, 4.69) is 12.2 Å². The average molecular weight is 280 g/mol. The highest BCUT2D eigenvalue weighted by molar-refractivity contribution is 5.82. The minimum Gasteiger partial charge on any atom is -0.460 e. The molecule has 0 radical (unpaired) electrons. The highest BCUT2D eigenvalue weighted by Crippen LogP contribution is 2.36. The number of rotatable bonds is 0. The summed E-state index contributed by atoms with van der Waals surface area (Å²) in [6.07, 6.45) is 9.87. The third kappa shape index (κ3) is 4.18.